The summed E-state index contributed by atoms with van der Waals surface area (Å²) in [5, 5.41) is 2.60. The molecule has 1 rings (SSSR count). The second-order valence-electron chi connectivity index (χ2n) is 1.48. The molecule has 0 bridgehead atoms. The summed E-state index contributed by atoms with van der Waals surface area (Å²) in [5.74, 6) is 0. The lowest BCUT2D eigenvalue weighted by molar-refractivity contribution is 1.56. The smallest absolute Gasteiger partial charge is 0.0972 e. The molecule has 1 aromatic rings. The Balaban J connectivity index is 3.19. The first-order valence-corrected chi connectivity index (χ1v) is 3.74. The van der Waals surface area contributed by atoms with Gasteiger partial charge in [-0.2, -0.15) is 0 Å². The lowest BCUT2D eigenvalue weighted by Crippen LogP contribution is -1.60. The fourth-order valence-corrected chi connectivity index (χ4v) is 1.61. The molecule has 0 aromatic carbocycles. The minimum absolute atomic E-state index is 0.764. The van der Waals surface area contributed by atoms with Gasteiger partial charge in [0.15, 0.2) is 0 Å². The molecule has 8 heavy (non-hydrogen) atoms. The molecule has 0 N–H and O–H groups in total. The topological polar surface area (TPSA) is 0 Å². The van der Waals surface area contributed by atoms with Gasteiger partial charge in [0.05, 0.1) is 9.36 Å². The molecule has 0 spiro atoms. The van der Waals surface area contributed by atoms with E-state index in [9.17, 15) is 0 Å². The van der Waals surface area contributed by atoms with Gasteiger partial charge in [-0.25, -0.2) is 0 Å². The fraction of sp³-hybridized carbons (Fsp3) is 0.200. The highest BCUT2D eigenvalue weighted by Gasteiger charge is 1.99. The number of thiophene rings is 1. The lowest BCUT2D eigenvalue weighted by Gasteiger charge is -1.82. The van der Waals surface area contributed by atoms with Crippen LogP contribution >= 0.6 is 34.5 Å². The van der Waals surface area contributed by atoms with Crippen molar-refractivity contribution in [3.8, 4) is 0 Å². The first kappa shape index (κ1) is 6.40. The largest absolute Gasteiger partial charge is 0.130 e. The zero-order chi connectivity index (χ0) is 6.15. The molecule has 0 aliphatic rings. The maximum atomic E-state index is 5.66. The molecule has 44 valence electrons. The maximum Gasteiger partial charge on any atom is 0.0972 e. The summed E-state index contributed by atoms with van der Waals surface area (Å²) < 4.78 is 0.787. The van der Waals surface area contributed by atoms with Crippen LogP contribution in [0.4, 0.5) is 0 Å². The predicted molar refractivity (Wildman–Crippen MR) is 39.1 cm³/mol. The zero-order valence-corrected chi connectivity index (χ0v) is 6.57. The van der Waals surface area contributed by atoms with Gasteiger partial charge in [-0.05, 0) is 12.5 Å². The van der Waals surface area contributed by atoms with Crippen molar-refractivity contribution in [2.75, 3.05) is 0 Å². The average molecular weight is 167 g/mol. The predicted octanol–water partition coefficient (Wildman–Crippen LogP) is 3.36. The lowest BCUT2D eigenvalue weighted by atomic mass is 10.4. The summed E-state index contributed by atoms with van der Waals surface area (Å²) in [7, 11) is 0. The van der Waals surface area contributed by atoms with Crippen molar-refractivity contribution in [3.05, 3.63) is 20.3 Å². The maximum absolute atomic E-state index is 5.66. The molecule has 0 saturated heterocycles. The van der Waals surface area contributed by atoms with Crippen molar-refractivity contribution >= 4 is 34.5 Å². The van der Waals surface area contributed by atoms with E-state index in [2.05, 4.69) is 0 Å². The summed E-state index contributed by atoms with van der Waals surface area (Å²) in [5.41, 5.74) is 0.985. The Morgan fingerprint density at radius 1 is 1.50 bits per heavy atom. The third-order valence-electron chi connectivity index (χ3n) is 0.919. The number of hydrogen-bond acceptors (Lipinski definition) is 1. The quantitative estimate of drug-likeness (QED) is 0.555. The molecule has 0 fully saturated rings. The Hall–Kier alpha value is 0.280. The van der Waals surface area contributed by atoms with Crippen LogP contribution in [0.2, 0.25) is 9.36 Å². The Labute approximate surface area is 62.0 Å². The molecule has 0 amide bonds. The normalized spacial score (nSPS) is 9.88. The van der Waals surface area contributed by atoms with Crippen LogP contribution in [0.15, 0.2) is 5.38 Å². The van der Waals surface area contributed by atoms with Gasteiger partial charge in [0.25, 0.3) is 0 Å². The molecule has 3 heteroatoms. The second kappa shape index (κ2) is 2.26. The molecule has 0 atom stereocenters. The molecule has 0 unspecified atom stereocenters. The summed E-state index contributed by atoms with van der Waals surface area (Å²) in [6.45, 7) is 1.90. The van der Waals surface area contributed by atoms with E-state index in [1.165, 1.54) is 11.3 Å². The van der Waals surface area contributed by atoms with Crippen LogP contribution in [0.3, 0.4) is 0 Å². The van der Waals surface area contributed by atoms with E-state index >= 15 is 0 Å². The first-order chi connectivity index (χ1) is 3.72. The molecule has 0 radical (unpaired) electrons. The zero-order valence-electron chi connectivity index (χ0n) is 4.24. The summed E-state index contributed by atoms with van der Waals surface area (Å²) in [6, 6.07) is 0. The third-order valence-corrected chi connectivity index (χ3v) is 2.86. The summed E-state index contributed by atoms with van der Waals surface area (Å²) in [6.07, 6.45) is 0. The Bertz CT molecular complexity index is 173. The van der Waals surface area contributed by atoms with E-state index < -0.39 is 0 Å². The van der Waals surface area contributed by atoms with Gasteiger partial charge in [-0.15, -0.1) is 11.3 Å². The molecule has 0 aliphatic carbocycles. The Kier molecular flexibility index (Phi) is 1.81. The van der Waals surface area contributed by atoms with Gasteiger partial charge < -0.3 is 0 Å². The minimum Gasteiger partial charge on any atom is -0.130 e. The molecule has 0 aliphatic heterocycles. The van der Waals surface area contributed by atoms with Crippen molar-refractivity contribution in [2.45, 2.75) is 6.92 Å². The second-order valence-corrected chi connectivity index (χ2v) is 3.37. The van der Waals surface area contributed by atoms with Crippen molar-refractivity contribution in [2.24, 2.45) is 0 Å². The van der Waals surface area contributed by atoms with Gasteiger partial charge in [0, 0.05) is 5.38 Å². The average Bonchev–Trinajstić information content (AvgIpc) is 1.98. The fourth-order valence-electron chi connectivity index (χ4n) is 0.374. The number of halogens is 2. The van der Waals surface area contributed by atoms with Crippen LogP contribution in [0.1, 0.15) is 5.56 Å². The monoisotopic (exact) mass is 166 g/mol. The molecular formula is C5H4Cl2S. The van der Waals surface area contributed by atoms with E-state index in [0.29, 0.717) is 0 Å². The van der Waals surface area contributed by atoms with Crippen LogP contribution in [-0.4, -0.2) is 0 Å². The molecule has 0 nitrogen and oxygen atoms in total. The summed E-state index contributed by atoms with van der Waals surface area (Å²) >= 11 is 12.8. The van der Waals surface area contributed by atoms with Crippen LogP contribution in [0, 0.1) is 6.92 Å². The molecule has 1 heterocycles. The van der Waals surface area contributed by atoms with E-state index in [1.54, 1.807) is 0 Å². The highest BCUT2D eigenvalue weighted by molar-refractivity contribution is 7.15. The summed E-state index contributed by atoms with van der Waals surface area (Å²) in [4.78, 5) is 0. The number of rotatable bonds is 0. The van der Waals surface area contributed by atoms with E-state index in [4.69, 9.17) is 23.2 Å². The minimum atomic E-state index is 0.764. The highest BCUT2D eigenvalue weighted by atomic mass is 35.5. The van der Waals surface area contributed by atoms with Crippen molar-refractivity contribution in [1.29, 1.82) is 0 Å². The molecule has 1 aromatic heterocycles. The van der Waals surface area contributed by atoms with Crippen LogP contribution < -0.4 is 0 Å². The van der Waals surface area contributed by atoms with E-state index in [1.807, 2.05) is 12.3 Å². The van der Waals surface area contributed by atoms with E-state index in [-0.39, 0.29) is 0 Å². The standard InChI is InChI=1S/C5H4Cl2S/c1-3-4(6)2-8-5(3)7/h2H,1H3. The van der Waals surface area contributed by atoms with Crippen LogP contribution in [0.5, 0.6) is 0 Å². The third kappa shape index (κ3) is 0.993. The van der Waals surface area contributed by atoms with Gasteiger partial charge >= 0.3 is 0 Å². The first-order valence-electron chi connectivity index (χ1n) is 2.11. The van der Waals surface area contributed by atoms with Crippen LogP contribution in [-0.2, 0) is 0 Å². The molecular weight excluding hydrogens is 163 g/mol. The van der Waals surface area contributed by atoms with Crippen molar-refractivity contribution in [3.63, 3.8) is 0 Å². The SMILES string of the molecule is Cc1c(Cl)csc1Cl. The highest BCUT2D eigenvalue weighted by Crippen LogP contribution is 2.29. The Morgan fingerprint density at radius 3 is 2.25 bits per heavy atom. The van der Waals surface area contributed by atoms with Gasteiger partial charge in [0.1, 0.15) is 0 Å². The Morgan fingerprint density at radius 2 is 2.12 bits per heavy atom. The van der Waals surface area contributed by atoms with Crippen molar-refractivity contribution in [1.82, 2.24) is 0 Å². The van der Waals surface area contributed by atoms with E-state index in [0.717, 1.165) is 14.9 Å². The van der Waals surface area contributed by atoms with Gasteiger partial charge in [0.2, 0.25) is 0 Å². The van der Waals surface area contributed by atoms with Gasteiger partial charge in [-0.3, -0.25) is 0 Å². The number of hydrogen-bond donors (Lipinski definition) is 0. The molecule has 0 saturated carbocycles. The van der Waals surface area contributed by atoms with Crippen molar-refractivity contribution < 1.29 is 0 Å². The van der Waals surface area contributed by atoms with Gasteiger partial charge in [-0.1, -0.05) is 23.2 Å². The van der Waals surface area contributed by atoms with Crippen LogP contribution in [0.25, 0.3) is 0 Å².